The molecule has 18 heavy (non-hydrogen) atoms. The van der Waals surface area contributed by atoms with Gasteiger partial charge < -0.3 is 15.8 Å². The minimum atomic E-state index is -0.476. The molecule has 0 heterocycles. The maximum atomic E-state index is 12.2. The maximum Gasteiger partial charge on any atom is 0.255 e. The number of hydrogen-bond donors (Lipinski definition) is 2. The van der Waals surface area contributed by atoms with Crippen LogP contribution < -0.4 is 5.73 Å². The van der Waals surface area contributed by atoms with Crippen molar-refractivity contribution in [1.29, 1.82) is 0 Å². The van der Waals surface area contributed by atoms with Gasteiger partial charge in [-0.3, -0.25) is 4.79 Å². The third-order valence-electron chi connectivity index (χ3n) is 2.80. The fraction of sp³-hybridized carbons (Fsp3) is 0.333. The van der Waals surface area contributed by atoms with Crippen molar-refractivity contribution in [3.8, 4) is 0 Å². The van der Waals surface area contributed by atoms with Crippen LogP contribution >= 0.6 is 15.9 Å². The molecule has 1 aromatic rings. The number of nitrogens with zero attached hydrogens (tertiary/aromatic N) is 2. The molecule has 3 N–H and O–H groups in total. The highest BCUT2D eigenvalue weighted by Gasteiger charge is 2.22. The van der Waals surface area contributed by atoms with Crippen molar-refractivity contribution >= 4 is 27.7 Å². The molecule has 1 unspecified atom stereocenters. The monoisotopic (exact) mass is 313 g/mol. The van der Waals surface area contributed by atoms with Crippen LogP contribution in [0.15, 0.2) is 27.8 Å². The minimum Gasteiger partial charge on any atom is -0.409 e. The Morgan fingerprint density at radius 2 is 2.17 bits per heavy atom. The molecular weight excluding hydrogens is 298 g/mol. The Morgan fingerprint density at radius 1 is 1.56 bits per heavy atom. The molecule has 0 aromatic heterocycles. The molecule has 0 aliphatic heterocycles. The quantitative estimate of drug-likeness (QED) is 0.387. The smallest absolute Gasteiger partial charge is 0.255 e. The molecule has 0 spiro atoms. The van der Waals surface area contributed by atoms with Crippen LogP contribution in [0.25, 0.3) is 0 Å². The Bertz CT molecular complexity index is 488. The van der Waals surface area contributed by atoms with Gasteiger partial charge in [-0.25, -0.2) is 0 Å². The van der Waals surface area contributed by atoms with Crippen molar-refractivity contribution in [1.82, 2.24) is 4.90 Å². The third-order valence-corrected chi connectivity index (χ3v) is 3.46. The summed E-state index contributed by atoms with van der Waals surface area (Å²) in [4.78, 5) is 13.7. The van der Waals surface area contributed by atoms with Crippen molar-refractivity contribution in [2.24, 2.45) is 10.9 Å². The van der Waals surface area contributed by atoms with Gasteiger partial charge >= 0.3 is 0 Å². The van der Waals surface area contributed by atoms with Crippen LogP contribution in [0.2, 0.25) is 0 Å². The molecular formula is C12H16BrN3O2. The number of rotatable bonds is 3. The van der Waals surface area contributed by atoms with Gasteiger partial charge in [-0.05, 0) is 47.5 Å². The van der Waals surface area contributed by atoms with Crippen molar-refractivity contribution in [3.63, 3.8) is 0 Å². The Balaban J connectivity index is 3.00. The van der Waals surface area contributed by atoms with Gasteiger partial charge in [0, 0.05) is 11.5 Å². The summed E-state index contributed by atoms with van der Waals surface area (Å²) >= 11 is 3.36. The molecule has 0 saturated carbocycles. The molecule has 1 amide bonds. The molecule has 0 fully saturated rings. The summed E-state index contributed by atoms with van der Waals surface area (Å²) in [6.07, 6.45) is 0. The minimum absolute atomic E-state index is 0.00548. The van der Waals surface area contributed by atoms with Crippen molar-refractivity contribution in [2.75, 3.05) is 7.05 Å². The van der Waals surface area contributed by atoms with Gasteiger partial charge in [-0.2, -0.15) is 0 Å². The highest BCUT2D eigenvalue weighted by molar-refractivity contribution is 9.10. The van der Waals surface area contributed by atoms with Crippen LogP contribution in [0.5, 0.6) is 0 Å². The average Bonchev–Trinajstić information content (AvgIpc) is 2.35. The summed E-state index contributed by atoms with van der Waals surface area (Å²) in [5.74, 6) is -0.199. The summed E-state index contributed by atoms with van der Waals surface area (Å²) in [6, 6.07) is 5.00. The summed E-state index contributed by atoms with van der Waals surface area (Å²) in [5, 5.41) is 11.5. The maximum absolute atomic E-state index is 12.2. The van der Waals surface area contributed by atoms with Crippen LogP contribution in [0.4, 0.5) is 0 Å². The molecule has 0 radical (unpaired) electrons. The van der Waals surface area contributed by atoms with Gasteiger partial charge in [0.25, 0.3) is 5.91 Å². The second-order valence-corrected chi connectivity index (χ2v) is 4.95. The van der Waals surface area contributed by atoms with E-state index in [4.69, 9.17) is 10.9 Å². The molecule has 0 bridgehead atoms. The Kier molecular flexibility index (Phi) is 4.72. The number of likely N-dealkylation sites (N-methyl/N-ethyl adjacent to an activating group) is 1. The van der Waals surface area contributed by atoms with E-state index in [-0.39, 0.29) is 11.7 Å². The predicted molar refractivity (Wildman–Crippen MR) is 73.8 cm³/mol. The van der Waals surface area contributed by atoms with Crippen molar-refractivity contribution in [2.45, 2.75) is 19.9 Å². The highest BCUT2D eigenvalue weighted by atomic mass is 79.9. The fourth-order valence-corrected chi connectivity index (χ4v) is 2.10. The van der Waals surface area contributed by atoms with Gasteiger partial charge in [0.05, 0.1) is 11.6 Å². The fourth-order valence-electron chi connectivity index (χ4n) is 1.44. The first kappa shape index (κ1) is 14.5. The summed E-state index contributed by atoms with van der Waals surface area (Å²) in [5.41, 5.74) is 7.09. The van der Waals surface area contributed by atoms with Gasteiger partial charge in [0.15, 0.2) is 5.84 Å². The van der Waals surface area contributed by atoms with Gasteiger partial charge in [0.2, 0.25) is 0 Å². The number of benzene rings is 1. The van der Waals surface area contributed by atoms with E-state index in [1.165, 1.54) is 4.90 Å². The lowest BCUT2D eigenvalue weighted by atomic mass is 10.1. The largest absolute Gasteiger partial charge is 0.409 e. The van der Waals surface area contributed by atoms with E-state index >= 15 is 0 Å². The van der Waals surface area contributed by atoms with E-state index in [1.807, 2.05) is 19.1 Å². The zero-order chi connectivity index (χ0) is 13.9. The molecule has 1 atom stereocenters. The predicted octanol–water partition coefficient (Wildman–Crippen LogP) is 1.96. The molecule has 1 rings (SSSR count). The summed E-state index contributed by atoms with van der Waals surface area (Å²) in [6.45, 7) is 3.64. The number of oxime groups is 1. The SMILES string of the molecule is Cc1ccc(C(=O)N(C)C(C)/C(N)=N/O)c(Br)c1. The number of nitrogens with two attached hydrogens (primary N) is 1. The van der Waals surface area contributed by atoms with E-state index in [0.29, 0.717) is 5.56 Å². The zero-order valence-corrected chi connectivity index (χ0v) is 12.1. The number of hydrogen-bond acceptors (Lipinski definition) is 3. The molecule has 1 aromatic carbocycles. The second-order valence-electron chi connectivity index (χ2n) is 4.10. The zero-order valence-electron chi connectivity index (χ0n) is 10.5. The van der Waals surface area contributed by atoms with Crippen LogP contribution in [-0.2, 0) is 0 Å². The van der Waals surface area contributed by atoms with Crippen LogP contribution in [0.1, 0.15) is 22.8 Å². The van der Waals surface area contributed by atoms with E-state index in [9.17, 15) is 4.79 Å². The van der Waals surface area contributed by atoms with E-state index in [1.54, 1.807) is 20.0 Å². The first-order valence-corrected chi connectivity index (χ1v) is 6.18. The number of halogens is 1. The topological polar surface area (TPSA) is 78.9 Å². The standard InChI is InChI=1S/C12H16BrN3O2/c1-7-4-5-9(10(13)6-7)12(17)16(3)8(2)11(14)15-18/h4-6,8,18H,1-3H3,(H2,14,15). The molecule has 0 aliphatic rings. The Labute approximate surface area is 114 Å². The molecule has 5 nitrogen and oxygen atoms in total. The number of carbonyl (C=O) groups is 1. The second kappa shape index (κ2) is 5.86. The number of aryl methyl sites for hydroxylation is 1. The lowest BCUT2D eigenvalue weighted by Gasteiger charge is -2.24. The van der Waals surface area contributed by atoms with Gasteiger partial charge in [0.1, 0.15) is 0 Å². The number of amidine groups is 1. The average molecular weight is 314 g/mol. The van der Waals surface area contributed by atoms with Gasteiger partial charge in [-0.1, -0.05) is 11.2 Å². The lowest BCUT2D eigenvalue weighted by Crippen LogP contribution is -2.43. The van der Waals surface area contributed by atoms with E-state index in [2.05, 4.69) is 21.1 Å². The third kappa shape index (κ3) is 3.01. The Morgan fingerprint density at radius 3 is 2.67 bits per heavy atom. The van der Waals surface area contributed by atoms with Crippen LogP contribution in [0.3, 0.4) is 0 Å². The molecule has 0 saturated heterocycles. The van der Waals surface area contributed by atoms with Crippen molar-refractivity contribution in [3.05, 3.63) is 33.8 Å². The summed E-state index contributed by atoms with van der Waals surface area (Å²) in [7, 11) is 1.61. The van der Waals surface area contributed by atoms with Crippen molar-refractivity contribution < 1.29 is 10.0 Å². The van der Waals surface area contributed by atoms with Crippen LogP contribution in [-0.4, -0.2) is 34.9 Å². The first-order chi connectivity index (χ1) is 8.38. The Hall–Kier alpha value is -1.56. The number of amides is 1. The van der Waals surface area contributed by atoms with E-state index in [0.717, 1.165) is 10.0 Å². The highest BCUT2D eigenvalue weighted by Crippen LogP contribution is 2.20. The molecule has 0 aliphatic carbocycles. The normalized spacial score (nSPS) is 13.2. The number of carbonyl (C=O) groups excluding carboxylic acids is 1. The van der Waals surface area contributed by atoms with Crippen LogP contribution in [0, 0.1) is 6.92 Å². The van der Waals surface area contributed by atoms with Gasteiger partial charge in [-0.15, -0.1) is 0 Å². The first-order valence-electron chi connectivity index (χ1n) is 5.39. The summed E-state index contributed by atoms with van der Waals surface area (Å²) < 4.78 is 0.728. The molecule has 6 heteroatoms. The molecule has 98 valence electrons. The lowest BCUT2D eigenvalue weighted by molar-refractivity contribution is 0.0775. The van der Waals surface area contributed by atoms with E-state index < -0.39 is 6.04 Å².